The van der Waals surface area contributed by atoms with Gasteiger partial charge in [0.2, 0.25) is 6.29 Å². The highest BCUT2D eigenvalue weighted by Gasteiger charge is 2.44. The van der Waals surface area contributed by atoms with E-state index in [4.69, 9.17) is 13.9 Å². The van der Waals surface area contributed by atoms with E-state index in [1.807, 2.05) is 6.07 Å². The van der Waals surface area contributed by atoms with Crippen molar-refractivity contribution in [1.82, 2.24) is 0 Å². The second-order valence-electron chi connectivity index (χ2n) is 11.1. The average Bonchev–Trinajstić information content (AvgIpc) is 3.17. The molecular weight excluding hydrogens is 468 g/mol. The fourth-order valence-electron chi connectivity index (χ4n) is 4.02. The van der Waals surface area contributed by atoms with E-state index in [2.05, 4.69) is 82.4 Å². The van der Waals surface area contributed by atoms with Gasteiger partial charge in [-0.05, 0) is 60.5 Å². The number of aryl methyl sites for hydroxylation is 1. The fraction of sp³-hybridized carbons (Fsp3) is 0.467. The molecule has 2 aromatic rings. The molecule has 0 radical (unpaired) electrons. The number of unbranched alkanes of at least 4 members (excludes halogenated alkanes) is 2. The molecule has 0 spiro atoms. The summed E-state index contributed by atoms with van der Waals surface area (Å²) in [6.07, 6.45) is 4.67. The van der Waals surface area contributed by atoms with Crippen LogP contribution < -0.4 is 0 Å². The Morgan fingerprint density at radius 2 is 1.61 bits per heavy atom. The molecule has 194 valence electrons. The molecule has 0 saturated carbocycles. The summed E-state index contributed by atoms with van der Waals surface area (Å²) in [5, 5.41) is -0.0384. The number of esters is 2. The number of carbonyl (C=O) groups is 2. The SMILES string of the molecule is CC(=O)OC(CCCCCc1ccc(-c2ccccc2)cc1)C1=CC(=O)OC1O[Si](C)(C)C(C)(C)C. The zero-order chi connectivity index (χ0) is 26.3. The highest BCUT2D eigenvalue weighted by molar-refractivity contribution is 6.74. The topological polar surface area (TPSA) is 61.8 Å². The molecular formula is C30H40O5Si. The van der Waals surface area contributed by atoms with Gasteiger partial charge in [0, 0.05) is 18.6 Å². The third-order valence-electron chi connectivity index (χ3n) is 7.16. The summed E-state index contributed by atoms with van der Waals surface area (Å²) in [7, 11) is -2.19. The predicted molar refractivity (Wildman–Crippen MR) is 146 cm³/mol. The molecule has 1 aliphatic rings. The van der Waals surface area contributed by atoms with Crippen molar-refractivity contribution >= 4 is 20.3 Å². The molecule has 1 heterocycles. The Labute approximate surface area is 217 Å². The van der Waals surface area contributed by atoms with Crippen LogP contribution in [-0.4, -0.2) is 32.6 Å². The number of rotatable bonds is 11. The molecule has 5 nitrogen and oxygen atoms in total. The molecule has 36 heavy (non-hydrogen) atoms. The van der Waals surface area contributed by atoms with E-state index in [-0.39, 0.29) is 11.0 Å². The second kappa shape index (κ2) is 12.0. The Bertz CT molecular complexity index is 1050. The van der Waals surface area contributed by atoms with Crippen LogP contribution in [0, 0.1) is 0 Å². The molecule has 2 aromatic carbocycles. The minimum atomic E-state index is -2.19. The smallest absolute Gasteiger partial charge is 0.333 e. The van der Waals surface area contributed by atoms with Gasteiger partial charge in [0.05, 0.1) is 0 Å². The van der Waals surface area contributed by atoms with Gasteiger partial charge in [-0.2, -0.15) is 0 Å². The van der Waals surface area contributed by atoms with Crippen molar-refractivity contribution < 1.29 is 23.5 Å². The molecule has 0 aromatic heterocycles. The summed E-state index contributed by atoms with van der Waals surface area (Å²) < 4.78 is 17.5. The molecule has 0 saturated heterocycles. The van der Waals surface area contributed by atoms with Crippen molar-refractivity contribution in [1.29, 1.82) is 0 Å². The van der Waals surface area contributed by atoms with Gasteiger partial charge in [-0.3, -0.25) is 4.79 Å². The van der Waals surface area contributed by atoms with Crippen molar-refractivity contribution in [2.45, 2.75) is 90.3 Å². The summed E-state index contributed by atoms with van der Waals surface area (Å²) in [6.45, 7) is 12.0. The molecule has 0 amide bonds. The largest absolute Gasteiger partial charge is 0.458 e. The third kappa shape index (κ3) is 7.65. The van der Waals surface area contributed by atoms with E-state index < -0.39 is 26.7 Å². The van der Waals surface area contributed by atoms with Gasteiger partial charge in [0.15, 0.2) is 8.32 Å². The van der Waals surface area contributed by atoms with Crippen LogP contribution in [0.1, 0.15) is 58.9 Å². The highest BCUT2D eigenvalue weighted by atomic mass is 28.4. The standard InChI is InChI=1S/C30H40O5Si/c1-22(31)33-27(26-21-28(32)34-29(26)35-36(5,6)30(2,3)4)16-12-7-9-13-23-17-19-25(20-18-23)24-14-10-8-11-15-24/h8,10-11,14-15,17-21,27,29H,7,9,12-13,16H2,1-6H3. The van der Waals surface area contributed by atoms with Gasteiger partial charge in [0.25, 0.3) is 0 Å². The van der Waals surface area contributed by atoms with Crippen molar-refractivity contribution in [3.05, 3.63) is 71.8 Å². The number of benzene rings is 2. The number of hydrogen-bond donors (Lipinski definition) is 0. The Balaban J connectivity index is 1.54. The molecule has 2 atom stereocenters. The van der Waals surface area contributed by atoms with Crippen LogP contribution in [-0.2, 0) is 29.9 Å². The number of cyclic esters (lactones) is 1. The number of carbonyl (C=O) groups excluding carboxylic acids is 2. The Hall–Kier alpha value is -2.70. The van der Waals surface area contributed by atoms with E-state index in [9.17, 15) is 9.59 Å². The van der Waals surface area contributed by atoms with Crippen molar-refractivity contribution in [3.8, 4) is 11.1 Å². The van der Waals surface area contributed by atoms with Crippen LogP contribution in [0.3, 0.4) is 0 Å². The molecule has 2 unspecified atom stereocenters. The monoisotopic (exact) mass is 508 g/mol. The molecule has 1 aliphatic heterocycles. The van der Waals surface area contributed by atoms with Crippen LogP contribution in [0.25, 0.3) is 11.1 Å². The molecule has 3 rings (SSSR count). The Morgan fingerprint density at radius 3 is 2.22 bits per heavy atom. The normalized spacial score (nSPS) is 16.9. The first-order valence-corrected chi connectivity index (χ1v) is 15.8. The summed E-state index contributed by atoms with van der Waals surface area (Å²) in [5.74, 6) is -0.811. The second-order valence-corrected chi connectivity index (χ2v) is 15.8. The first-order chi connectivity index (χ1) is 17.0. The quantitative estimate of drug-likeness (QED) is 0.182. The minimum absolute atomic E-state index is 0.0384. The summed E-state index contributed by atoms with van der Waals surface area (Å²) in [5.41, 5.74) is 4.38. The van der Waals surface area contributed by atoms with Crippen LogP contribution in [0.15, 0.2) is 66.2 Å². The lowest BCUT2D eigenvalue weighted by atomic mass is 9.99. The number of ether oxygens (including phenoxy) is 2. The summed E-state index contributed by atoms with van der Waals surface area (Å²) in [6, 6.07) is 19.1. The Kier molecular flexibility index (Phi) is 9.31. The van der Waals surface area contributed by atoms with Crippen LogP contribution in [0.2, 0.25) is 18.1 Å². The fourth-order valence-corrected chi connectivity index (χ4v) is 5.09. The van der Waals surface area contributed by atoms with E-state index in [1.54, 1.807) is 0 Å². The zero-order valence-electron chi connectivity index (χ0n) is 22.5. The molecule has 0 N–H and O–H groups in total. The van der Waals surface area contributed by atoms with Crippen molar-refractivity contribution in [3.63, 3.8) is 0 Å². The molecule has 0 fully saturated rings. The van der Waals surface area contributed by atoms with E-state index >= 15 is 0 Å². The summed E-state index contributed by atoms with van der Waals surface area (Å²) >= 11 is 0. The maximum Gasteiger partial charge on any atom is 0.333 e. The van der Waals surface area contributed by atoms with Gasteiger partial charge < -0.3 is 13.9 Å². The van der Waals surface area contributed by atoms with E-state index in [1.165, 1.54) is 29.7 Å². The lowest BCUT2D eigenvalue weighted by molar-refractivity contribution is -0.152. The Morgan fingerprint density at radius 1 is 0.972 bits per heavy atom. The van der Waals surface area contributed by atoms with Gasteiger partial charge in [-0.1, -0.05) is 81.8 Å². The van der Waals surface area contributed by atoms with Gasteiger partial charge in [0.1, 0.15) is 6.10 Å². The number of hydrogen-bond acceptors (Lipinski definition) is 5. The summed E-state index contributed by atoms with van der Waals surface area (Å²) in [4.78, 5) is 24.0. The van der Waals surface area contributed by atoms with Gasteiger partial charge in [-0.25, -0.2) is 4.79 Å². The third-order valence-corrected chi connectivity index (χ3v) is 11.6. The molecule has 6 heteroatoms. The first-order valence-electron chi connectivity index (χ1n) is 12.9. The van der Waals surface area contributed by atoms with E-state index in [0.29, 0.717) is 12.0 Å². The average molecular weight is 509 g/mol. The lowest BCUT2D eigenvalue weighted by Gasteiger charge is -2.38. The highest BCUT2D eigenvalue weighted by Crippen LogP contribution is 2.39. The van der Waals surface area contributed by atoms with Gasteiger partial charge >= 0.3 is 11.9 Å². The van der Waals surface area contributed by atoms with E-state index in [0.717, 1.165) is 25.7 Å². The molecule has 0 bridgehead atoms. The first kappa shape index (κ1) is 27.9. The minimum Gasteiger partial charge on any atom is -0.458 e. The zero-order valence-corrected chi connectivity index (χ0v) is 23.5. The van der Waals surface area contributed by atoms with Crippen LogP contribution in [0.4, 0.5) is 0 Å². The molecule has 0 aliphatic carbocycles. The predicted octanol–water partition coefficient (Wildman–Crippen LogP) is 7.22. The van der Waals surface area contributed by atoms with Gasteiger partial charge in [-0.15, -0.1) is 0 Å². The van der Waals surface area contributed by atoms with Crippen LogP contribution in [0.5, 0.6) is 0 Å². The van der Waals surface area contributed by atoms with Crippen molar-refractivity contribution in [2.75, 3.05) is 0 Å². The van der Waals surface area contributed by atoms with Crippen LogP contribution >= 0.6 is 0 Å². The maximum atomic E-state index is 12.1. The lowest BCUT2D eigenvalue weighted by Crippen LogP contribution is -2.45. The van der Waals surface area contributed by atoms with Crippen molar-refractivity contribution in [2.24, 2.45) is 0 Å². The maximum absolute atomic E-state index is 12.1.